The molecule has 164 valence electrons. The summed E-state index contributed by atoms with van der Waals surface area (Å²) >= 11 is 1.64. The van der Waals surface area contributed by atoms with Crippen molar-refractivity contribution in [2.24, 2.45) is 5.92 Å². The molecule has 2 aromatic rings. The Labute approximate surface area is 186 Å². The summed E-state index contributed by atoms with van der Waals surface area (Å²) in [5.41, 5.74) is 2.81. The maximum Gasteiger partial charge on any atom is 0.162 e. The monoisotopic (exact) mass is 440 g/mol. The highest BCUT2D eigenvalue weighted by Gasteiger charge is 2.30. The van der Waals surface area contributed by atoms with Crippen LogP contribution in [0.5, 0.6) is 0 Å². The molecule has 31 heavy (non-hydrogen) atoms. The van der Waals surface area contributed by atoms with Crippen molar-refractivity contribution in [3.05, 3.63) is 57.5 Å². The molecule has 1 aromatic carbocycles. The van der Waals surface area contributed by atoms with Gasteiger partial charge in [0.15, 0.2) is 5.78 Å². The van der Waals surface area contributed by atoms with Crippen molar-refractivity contribution >= 4 is 28.8 Å². The number of carbonyl (C=O) groups excluding carboxylic acids is 1. The summed E-state index contributed by atoms with van der Waals surface area (Å²) < 4.78 is 13.0. The molecule has 0 amide bonds. The van der Waals surface area contributed by atoms with Gasteiger partial charge < -0.3 is 9.80 Å². The predicted octanol–water partition coefficient (Wildman–Crippen LogP) is 4.81. The van der Waals surface area contributed by atoms with Crippen LogP contribution in [0.3, 0.4) is 0 Å². The largest absolute Gasteiger partial charge is 0.315 e. The fraction of sp³-hybridized carbons (Fsp3) is 0.458. The minimum atomic E-state index is -0.323. The minimum Gasteiger partial charge on any atom is -0.315 e. The zero-order valence-electron chi connectivity index (χ0n) is 17.7. The van der Waals surface area contributed by atoms with Crippen molar-refractivity contribution in [3.8, 4) is 0 Å². The van der Waals surface area contributed by atoms with E-state index in [0.717, 1.165) is 63.8 Å². The molecule has 1 aromatic heterocycles. The second-order valence-corrected chi connectivity index (χ2v) is 9.19. The van der Waals surface area contributed by atoms with Crippen LogP contribution in [-0.2, 0) is 6.42 Å². The van der Waals surface area contributed by atoms with Crippen molar-refractivity contribution in [1.82, 2.24) is 9.80 Å². The lowest BCUT2D eigenvalue weighted by atomic mass is 9.94. The Morgan fingerprint density at radius 1 is 1.13 bits per heavy atom. The lowest BCUT2D eigenvalue weighted by Crippen LogP contribution is -2.44. The van der Waals surface area contributed by atoms with Crippen LogP contribution >= 0.6 is 11.3 Å². The number of likely N-dealkylation sites (tertiary alicyclic amines) is 1. The van der Waals surface area contributed by atoms with Crippen molar-refractivity contribution in [2.75, 3.05) is 26.2 Å². The Kier molecular flexibility index (Phi) is 6.92. The average molecular weight is 441 g/mol. The minimum absolute atomic E-state index is 0.0594. The molecule has 0 unspecified atom stereocenters. The zero-order chi connectivity index (χ0) is 21.8. The standard InChI is InChI=1S/C24H29FN4OS/c25-20-7-5-17(6-8-20)22(30)4-2-11-28-13-9-18(10-14-28)23(26)29-12-1-3-19-15-31-16-21(19)24(29)27/h5-8,15-16,18,26-27H,1-4,9-14H2. The van der Waals surface area contributed by atoms with Crippen LogP contribution in [0.25, 0.3) is 0 Å². The Balaban J connectivity index is 1.23. The maximum absolute atomic E-state index is 13.0. The van der Waals surface area contributed by atoms with E-state index >= 15 is 0 Å². The van der Waals surface area contributed by atoms with Crippen LogP contribution in [0.2, 0.25) is 0 Å². The topological polar surface area (TPSA) is 71.2 Å². The number of piperidine rings is 1. The first-order chi connectivity index (χ1) is 15.0. The van der Waals surface area contributed by atoms with Crippen LogP contribution in [0.1, 0.15) is 53.6 Å². The number of hydrogen-bond acceptors (Lipinski definition) is 5. The number of benzene rings is 1. The summed E-state index contributed by atoms with van der Waals surface area (Å²) in [7, 11) is 0. The van der Waals surface area contributed by atoms with Gasteiger partial charge in [-0.1, -0.05) is 0 Å². The third-order valence-corrected chi connectivity index (χ3v) is 7.20. The Bertz CT molecular complexity index is 947. The number of ketones is 1. The van der Waals surface area contributed by atoms with Crippen LogP contribution in [0.4, 0.5) is 4.39 Å². The molecular formula is C24H29FN4OS. The molecule has 0 bridgehead atoms. The van der Waals surface area contributed by atoms with Crippen molar-refractivity contribution in [2.45, 2.75) is 38.5 Å². The molecule has 1 fully saturated rings. The zero-order valence-corrected chi connectivity index (χ0v) is 18.5. The van der Waals surface area contributed by atoms with Gasteiger partial charge in [0.05, 0.1) is 0 Å². The fourth-order valence-electron chi connectivity index (χ4n) is 4.54. The second kappa shape index (κ2) is 9.83. The van der Waals surface area contributed by atoms with Gasteiger partial charge in [0, 0.05) is 35.4 Å². The van der Waals surface area contributed by atoms with Gasteiger partial charge in [0.1, 0.15) is 17.5 Å². The Morgan fingerprint density at radius 2 is 1.87 bits per heavy atom. The summed E-state index contributed by atoms with van der Waals surface area (Å²) in [6.07, 6.45) is 5.07. The van der Waals surface area contributed by atoms with Gasteiger partial charge in [-0.15, -0.1) is 0 Å². The van der Waals surface area contributed by atoms with E-state index in [2.05, 4.69) is 10.3 Å². The molecule has 2 aliphatic rings. The van der Waals surface area contributed by atoms with E-state index in [1.54, 1.807) is 23.5 Å². The molecule has 0 aliphatic carbocycles. The van der Waals surface area contributed by atoms with E-state index in [-0.39, 0.29) is 17.5 Å². The summed E-state index contributed by atoms with van der Waals surface area (Å²) in [6, 6.07) is 5.76. The smallest absolute Gasteiger partial charge is 0.162 e. The van der Waals surface area contributed by atoms with E-state index in [1.165, 1.54) is 17.7 Å². The number of thiophene rings is 1. The van der Waals surface area contributed by atoms with E-state index in [1.807, 2.05) is 10.3 Å². The average Bonchev–Trinajstić information content (AvgIpc) is 3.19. The van der Waals surface area contributed by atoms with Crippen molar-refractivity contribution < 1.29 is 9.18 Å². The van der Waals surface area contributed by atoms with Gasteiger partial charge in [-0.05, 0) is 86.9 Å². The van der Waals surface area contributed by atoms with Crippen LogP contribution in [0.15, 0.2) is 35.0 Å². The summed E-state index contributed by atoms with van der Waals surface area (Å²) in [6.45, 7) is 3.46. The van der Waals surface area contributed by atoms with Gasteiger partial charge in [-0.25, -0.2) is 4.39 Å². The number of nitrogens with one attached hydrogen (secondary N) is 2. The van der Waals surface area contributed by atoms with Crippen molar-refractivity contribution in [3.63, 3.8) is 0 Å². The Morgan fingerprint density at radius 3 is 2.61 bits per heavy atom. The van der Waals surface area contributed by atoms with Crippen molar-refractivity contribution in [1.29, 1.82) is 10.8 Å². The van der Waals surface area contributed by atoms with Crippen LogP contribution in [0, 0.1) is 22.6 Å². The molecule has 2 N–H and O–H groups in total. The van der Waals surface area contributed by atoms with E-state index < -0.39 is 0 Å². The van der Waals surface area contributed by atoms with Crippen LogP contribution < -0.4 is 0 Å². The first-order valence-electron chi connectivity index (χ1n) is 11.0. The summed E-state index contributed by atoms with van der Waals surface area (Å²) in [5, 5.41) is 21.6. The quantitative estimate of drug-likeness (QED) is 0.385. The lowest BCUT2D eigenvalue weighted by molar-refractivity contribution is 0.0972. The lowest BCUT2D eigenvalue weighted by Gasteiger charge is -2.35. The number of halogens is 1. The number of nitrogens with zero attached hydrogens (tertiary/aromatic N) is 2. The summed E-state index contributed by atoms with van der Waals surface area (Å²) in [4.78, 5) is 16.5. The number of aryl methyl sites for hydroxylation is 1. The molecule has 5 nitrogen and oxygen atoms in total. The number of fused-ring (bicyclic) bond motifs is 1. The highest BCUT2D eigenvalue weighted by atomic mass is 32.1. The SMILES string of the molecule is N=C1c2cscc2CCCN1C(=N)C1CCN(CCCC(=O)c2ccc(F)cc2)CC1. The number of rotatable bonds is 6. The second-order valence-electron chi connectivity index (χ2n) is 8.45. The molecule has 0 spiro atoms. The van der Waals surface area contributed by atoms with E-state index in [9.17, 15) is 9.18 Å². The van der Waals surface area contributed by atoms with E-state index in [4.69, 9.17) is 10.8 Å². The third kappa shape index (κ3) is 5.10. The predicted molar refractivity (Wildman–Crippen MR) is 123 cm³/mol. The number of hydrogen-bond donors (Lipinski definition) is 2. The van der Waals surface area contributed by atoms with Gasteiger partial charge in [-0.2, -0.15) is 11.3 Å². The fourth-order valence-corrected chi connectivity index (χ4v) is 5.42. The number of amidine groups is 2. The number of carbonyl (C=O) groups is 1. The van der Waals surface area contributed by atoms with Gasteiger partial charge in [0.2, 0.25) is 0 Å². The third-order valence-electron chi connectivity index (χ3n) is 6.40. The summed E-state index contributed by atoms with van der Waals surface area (Å²) in [5.74, 6) is 1.01. The normalized spacial score (nSPS) is 18.0. The Hall–Kier alpha value is -2.38. The van der Waals surface area contributed by atoms with Gasteiger partial charge in [-0.3, -0.25) is 15.6 Å². The first kappa shape index (κ1) is 21.8. The molecule has 1 saturated heterocycles. The highest BCUT2D eigenvalue weighted by molar-refractivity contribution is 7.08. The molecule has 4 rings (SSSR count). The maximum atomic E-state index is 13.0. The first-order valence-corrected chi connectivity index (χ1v) is 12.0. The molecule has 7 heteroatoms. The molecule has 0 radical (unpaired) electrons. The van der Waals surface area contributed by atoms with Gasteiger partial charge >= 0.3 is 0 Å². The molecule has 2 aliphatic heterocycles. The molecular weight excluding hydrogens is 411 g/mol. The molecule has 0 atom stereocenters. The number of Topliss-reactive ketones (excluding diaryl/α,β-unsaturated/α-hetero) is 1. The van der Waals surface area contributed by atoms with E-state index in [0.29, 0.717) is 23.7 Å². The van der Waals surface area contributed by atoms with Crippen LogP contribution in [-0.4, -0.2) is 53.4 Å². The highest BCUT2D eigenvalue weighted by Crippen LogP contribution is 2.26. The molecule has 3 heterocycles. The molecule has 0 saturated carbocycles. The van der Waals surface area contributed by atoms with Gasteiger partial charge in [0.25, 0.3) is 0 Å².